The smallest absolute Gasteiger partial charge is 0.269 e. The van der Waals surface area contributed by atoms with Gasteiger partial charge in [-0.15, -0.1) is 0 Å². The maximum absolute atomic E-state index is 13.4. The van der Waals surface area contributed by atoms with Crippen molar-refractivity contribution < 1.29 is 8.42 Å². The van der Waals surface area contributed by atoms with Crippen molar-refractivity contribution in [2.24, 2.45) is 5.92 Å². The molecule has 8 heteroatoms. The molecule has 35 heavy (non-hydrogen) atoms. The SMILES string of the molecule is Cc1ccc(S(=O)(=O)n2ccc3c(N(C)[C@H]4CN(Cc5ccccc5)CCC4C)ncnc32)cc1. The molecular weight excluding hydrogens is 458 g/mol. The van der Waals surface area contributed by atoms with Gasteiger partial charge in [0.2, 0.25) is 0 Å². The second-order valence-electron chi connectivity index (χ2n) is 9.53. The van der Waals surface area contributed by atoms with E-state index in [0.29, 0.717) is 11.6 Å². The van der Waals surface area contributed by atoms with E-state index in [0.717, 1.165) is 42.8 Å². The quantitative estimate of drug-likeness (QED) is 0.402. The standard InChI is InChI=1S/C27H31N5O2S/c1-20-9-11-23(12-10-20)35(33,34)32-16-14-24-26(28-19-29-27(24)32)30(3)25-18-31(15-13-21(25)2)17-22-7-5-4-6-8-22/h4-12,14,16,19,21,25H,13,15,17-18H2,1-3H3/t21?,25-/m0/s1. The molecule has 3 heterocycles. The fourth-order valence-corrected chi connectivity index (χ4v) is 6.28. The number of benzene rings is 2. The average molecular weight is 490 g/mol. The fraction of sp³-hybridized carbons (Fsp3) is 0.333. The maximum Gasteiger partial charge on any atom is 0.269 e. The van der Waals surface area contributed by atoms with Gasteiger partial charge in [0.1, 0.15) is 12.1 Å². The van der Waals surface area contributed by atoms with Gasteiger partial charge in [-0.2, -0.15) is 0 Å². The van der Waals surface area contributed by atoms with Crippen LogP contribution in [0.15, 0.2) is 78.1 Å². The molecule has 0 amide bonds. The van der Waals surface area contributed by atoms with E-state index in [1.54, 1.807) is 30.5 Å². The highest BCUT2D eigenvalue weighted by Gasteiger charge is 2.31. The second-order valence-corrected chi connectivity index (χ2v) is 11.3. The van der Waals surface area contributed by atoms with Crippen molar-refractivity contribution >= 4 is 26.9 Å². The van der Waals surface area contributed by atoms with E-state index in [2.05, 4.69) is 58.0 Å². The van der Waals surface area contributed by atoms with Crippen LogP contribution in [0.2, 0.25) is 0 Å². The van der Waals surface area contributed by atoms with Crippen molar-refractivity contribution in [3.63, 3.8) is 0 Å². The normalized spacial score (nSPS) is 19.2. The Bertz CT molecular complexity index is 1420. The van der Waals surface area contributed by atoms with Crippen molar-refractivity contribution in [1.29, 1.82) is 0 Å². The van der Waals surface area contributed by atoms with Gasteiger partial charge >= 0.3 is 0 Å². The van der Waals surface area contributed by atoms with Crippen molar-refractivity contribution in [3.8, 4) is 0 Å². The number of fused-ring (bicyclic) bond motifs is 1. The first-order valence-electron chi connectivity index (χ1n) is 12.0. The Morgan fingerprint density at radius 3 is 2.51 bits per heavy atom. The van der Waals surface area contributed by atoms with Gasteiger partial charge in [0.15, 0.2) is 5.65 Å². The highest BCUT2D eigenvalue weighted by atomic mass is 32.2. The Morgan fingerprint density at radius 2 is 1.77 bits per heavy atom. The van der Waals surface area contributed by atoms with Gasteiger partial charge in [-0.3, -0.25) is 4.90 Å². The van der Waals surface area contributed by atoms with Crippen molar-refractivity contribution in [3.05, 3.63) is 84.3 Å². The largest absolute Gasteiger partial charge is 0.354 e. The Kier molecular flexibility index (Phi) is 6.34. The molecule has 182 valence electrons. The first-order valence-corrected chi connectivity index (χ1v) is 13.4. The molecule has 0 bridgehead atoms. The lowest BCUT2D eigenvalue weighted by Crippen LogP contribution is -2.50. The number of likely N-dealkylation sites (tertiary alicyclic amines) is 1. The Balaban J connectivity index is 1.44. The molecule has 0 aliphatic carbocycles. The summed E-state index contributed by atoms with van der Waals surface area (Å²) in [4.78, 5) is 13.9. The van der Waals surface area contributed by atoms with Crippen LogP contribution in [0.4, 0.5) is 5.82 Å². The number of piperidine rings is 1. The minimum Gasteiger partial charge on any atom is -0.354 e. The number of nitrogens with zero attached hydrogens (tertiary/aromatic N) is 5. The lowest BCUT2D eigenvalue weighted by Gasteiger charge is -2.42. The van der Waals surface area contributed by atoms with Gasteiger partial charge in [0.25, 0.3) is 10.0 Å². The molecule has 0 N–H and O–H groups in total. The summed E-state index contributed by atoms with van der Waals surface area (Å²) < 4.78 is 28.0. The zero-order valence-corrected chi connectivity index (χ0v) is 21.2. The molecule has 5 rings (SSSR count). The average Bonchev–Trinajstić information content (AvgIpc) is 3.31. The zero-order chi connectivity index (χ0) is 24.6. The summed E-state index contributed by atoms with van der Waals surface area (Å²) in [5, 5.41) is 0.734. The predicted molar refractivity (Wildman–Crippen MR) is 139 cm³/mol. The zero-order valence-electron chi connectivity index (χ0n) is 20.4. The van der Waals surface area contributed by atoms with Crippen molar-refractivity contribution in [2.45, 2.75) is 37.8 Å². The number of aromatic nitrogens is 3. The number of hydrogen-bond donors (Lipinski definition) is 0. The minimum atomic E-state index is -3.76. The molecule has 1 aliphatic rings. The third-order valence-corrected chi connectivity index (χ3v) is 8.77. The van der Waals surface area contributed by atoms with E-state index < -0.39 is 10.0 Å². The van der Waals surface area contributed by atoms with Gasteiger partial charge in [0.05, 0.1) is 10.3 Å². The summed E-state index contributed by atoms with van der Waals surface area (Å²) in [6.45, 7) is 7.11. The van der Waals surface area contributed by atoms with E-state index in [-0.39, 0.29) is 10.9 Å². The third-order valence-electron chi connectivity index (χ3n) is 7.09. The molecule has 1 aliphatic heterocycles. The van der Waals surface area contributed by atoms with E-state index in [1.165, 1.54) is 15.9 Å². The third kappa shape index (κ3) is 4.56. The van der Waals surface area contributed by atoms with E-state index in [4.69, 9.17) is 0 Å². The van der Waals surface area contributed by atoms with Gasteiger partial charge in [0, 0.05) is 32.4 Å². The molecular formula is C27H31N5O2S. The van der Waals surface area contributed by atoms with Crippen LogP contribution in [0.5, 0.6) is 0 Å². The highest BCUT2D eigenvalue weighted by Crippen LogP contribution is 2.31. The molecule has 1 fully saturated rings. The molecule has 2 atom stereocenters. The molecule has 4 aromatic rings. The lowest BCUT2D eigenvalue weighted by molar-refractivity contribution is 0.159. The maximum atomic E-state index is 13.4. The first kappa shape index (κ1) is 23.5. The summed E-state index contributed by atoms with van der Waals surface area (Å²) in [5.41, 5.74) is 2.72. The molecule has 1 saturated heterocycles. The number of aryl methyl sites for hydroxylation is 1. The molecule has 0 spiro atoms. The number of rotatable bonds is 6. The summed E-state index contributed by atoms with van der Waals surface area (Å²) >= 11 is 0. The van der Waals surface area contributed by atoms with Crippen LogP contribution in [-0.2, 0) is 16.6 Å². The molecule has 7 nitrogen and oxygen atoms in total. The van der Waals surface area contributed by atoms with Crippen LogP contribution < -0.4 is 4.90 Å². The number of anilines is 1. The van der Waals surface area contributed by atoms with Crippen LogP contribution in [0.3, 0.4) is 0 Å². The summed E-state index contributed by atoms with van der Waals surface area (Å²) in [6, 6.07) is 19.5. The first-order chi connectivity index (χ1) is 16.8. The van der Waals surface area contributed by atoms with Crippen molar-refractivity contribution in [1.82, 2.24) is 18.8 Å². The van der Waals surface area contributed by atoms with Gasteiger partial charge in [-0.25, -0.2) is 22.4 Å². The van der Waals surface area contributed by atoms with Crippen LogP contribution in [0.25, 0.3) is 11.0 Å². The highest BCUT2D eigenvalue weighted by molar-refractivity contribution is 7.90. The van der Waals surface area contributed by atoms with Gasteiger partial charge in [-0.1, -0.05) is 55.0 Å². The predicted octanol–water partition coefficient (Wildman–Crippen LogP) is 4.32. The molecule has 2 aromatic heterocycles. The van der Waals surface area contributed by atoms with E-state index >= 15 is 0 Å². The monoisotopic (exact) mass is 489 g/mol. The second kappa shape index (κ2) is 9.43. The van der Waals surface area contributed by atoms with Crippen LogP contribution >= 0.6 is 0 Å². The fourth-order valence-electron chi connectivity index (χ4n) is 4.97. The van der Waals surface area contributed by atoms with Gasteiger partial charge < -0.3 is 4.90 Å². The Morgan fingerprint density at radius 1 is 1.03 bits per heavy atom. The van der Waals surface area contributed by atoms with Crippen molar-refractivity contribution in [2.75, 3.05) is 25.0 Å². The molecule has 1 unspecified atom stereocenters. The number of hydrogen-bond acceptors (Lipinski definition) is 6. The summed E-state index contributed by atoms with van der Waals surface area (Å²) in [6.07, 6.45) is 4.14. The van der Waals surface area contributed by atoms with E-state index in [9.17, 15) is 8.42 Å². The lowest BCUT2D eigenvalue weighted by atomic mass is 9.92. The number of likely N-dealkylation sites (N-methyl/N-ethyl adjacent to an activating group) is 1. The minimum absolute atomic E-state index is 0.242. The Labute approximate surface area is 207 Å². The van der Waals surface area contributed by atoms with E-state index in [1.807, 2.05) is 19.1 Å². The molecule has 0 radical (unpaired) electrons. The summed E-state index contributed by atoms with van der Waals surface area (Å²) in [5.74, 6) is 1.24. The molecule has 0 saturated carbocycles. The van der Waals surface area contributed by atoms with Gasteiger partial charge in [-0.05, 0) is 49.6 Å². The topological polar surface area (TPSA) is 71.3 Å². The van der Waals surface area contributed by atoms with Crippen LogP contribution in [-0.4, -0.2) is 53.4 Å². The van der Waals surface area contributed by atoms with Crippen LogP contribution in [0, 0.1) is 12.8 Å². The Hall–Kier alpha value is -3.23. The molecule has 2 aromatic carbocycles. The summed E-state index contributed by atoms with van der Waals surface area (Å²) in [7, 11) is -1.70. The van der Waals surface area contributed by atoms with Crippen LogP contribution in [0.1, 0.15) is 24.5 Å².